The van der Waals surface area contributed by atoms with Crippen LogP contribution in [0, 0.1) is 0 Å². The van der Waals surface area contributed by atoms with E-state index in [1.807, 2.05) is 0 Å². The Kier molecular flexibility index (Phi) is 32.4. The summed E-state index contributed by atoms with van der Waals surface area (Å²) in [4.78, 5) is 76.3. The number of primary amides is 1. The molecule has 0 unspecified atom stereocenters. The van der Waals surface area contributed by atoms with Gasteiger partial charge in [-0.15, -0.1) is 0 Å². The minimum absolute atomic E-state index is 0.00855. The third-order valence-corrected chi connectivity index (χ3v) is 14.1. The molecule has 6 amide bonds. The summed E-state index contributed by atoms with van der Waals surface area (Å²) >= 11 is 0. The molecule has 0 saturated carbocycles. The summed E-state index contributed by atoms with van der Waals surface area (Å²) in [6.07, 6.45) is -28.5. The second-order valence-electron chi connectivity index (χ2n) is 20.9. The van der Waals surface area contributed by atoms with Crippen molar-refractivity contribution in [2.75, 3.05) is 85.4 Å². The van der Waals surface area contributed by atoms with Gasteiger partial charge >= 0.3 is 0 Å². The Morgan fingerprint density at radius 2 is 0.821 bits per heavy atom. The summed E-state index contributed by atoms with van der Waals surface area (Å²) in [5.41, 5.74) is 5.18. The average molecular weight is 1220 g/mol. The van der Waals surface area contributed by atoms with Gasteiger partial charge in [0, 0.05) is 52.0 Å². The van der Waals surface area contributed by atoms with E-state index in [2.05, 4.69) is 26.6 Å². The maximum absolute atomic E-state index is 13.1. The van der Waals surface area contributed by atoms with E-state index >= 15 is 0 Å². The van der Waals surface area contributed by atoms with Crippen molar-refractivity contribution in [2.24, 2.45) is 5.73 Å². The number of hydrogen-bond acceptors (Lipinski definition) is 28. The molecule has 0 radical (unpaired) electrons. The second kappa shape index (κ2) is 37.6. The number of hydrogen-bond donors (Lipinski definition) is 19. The lowest BCUT2D eigenvalue weighted by Gasteiger charge is -2.46. The Hall–Kier alpha value is -4.06. The first-order valence-electron chi connectivity index (χ1n) is 28.1. The van der Waals surface area contributed by atoms with Crippen LogP contribution in [0.4, 0.5) is 0 Å². The zero-order valence-corrected chi connectivity index (χ0v) is 46.9. The fourth-order valence-electron chi connectivity index (χ4n) is 9.19. The van der Waals surface area contributed by atoms with Gasteiger partial charge in [0.1, 0.15) is 91.6 Å². The third kappa shape index (κ3) is 23.6. The SMILES string of the molecule is C[C@@H]1O[C@@H](OCCNC(=O)CCCCCNC(=O)CN(CC(=O)NCCCCCC(N)=O)CC(=O)NCCCC(=O)NCCO[C@H]2O[C@H](CO[C@H]3O[C@H](CO)[C@@H](O)[C@H](O)[C@@H]3O)[C@@H](O)[C@H](O[C@H]3O[C@H](CO)[C@@H](O)[C@H](O)[C@@H]3O)[C@@H]2O)[C@@H](O)[C@H](O)[C@@H]1O. The number of unbranched alkanes of at least 4 members (excludes halogenated alkanes) is 4. The van der Waals surface area contributed by atoms with Gasteiger partial charge in [0.15, 0.2) is 25.2 Å². The molecule has 486 valence electrons. The minimum Gasteiger partial charge on any atom is -0.394 e. The van der Waals surface area contributed by atoms with Crippen molar-refractivity contribution in [3.63, 3.8) is 0 Å². The number of nitrogens with two attached hydrogens (primary N) is 1. The zero-order chi connectivity index (χ0) is 62.0. The number of nitrogens with zero attached hydrogens (tertiary/aromatic N) is 1. The largest absolute Gasteiger partial charge is 0.394 e. The molecule has 4 aliphatic rings. The predicted molar refractivity (Wildman–Crippen MR) is 280 cm³/mol. The van der Waals surface area contributed by atoms with E-state index in [1.165, 1.54) is 11.8 Å². The monoisotopic (exact) mass is 1220 g/mol. The van der Waals surface area contributed by atoms with E-state index in [-0.39, 0.29) is 97.2 Å². The Bertz CT molecular complexity index is 1990. The lowest BCUT2D eigenvalue weighted by Crippen LogP contribution is -2.65. The highest BCUT2D eigenvalue weighted by atomic mass is 16.8. The van der Waals surface area contributed by atoms with Gasteiger partial charge in [-0.1, -0.05) is 12.8 Å². The fourth-order valence-corrected chi connectivity index (χ4v) is 9.19. The molecule has 0 aliphatic carbocycles. The van der Waals surface area contributed by atoms with Crippen LogP contribution in [0.15, 0.2) is 0 Å². The first-order chi connectivity index (χ1) is 40.0. The van der Waals surface area contributed by atoms with Gasteiger partial charge in [-0.3, -0.25) is 33.7 Å². The molecule has 4 saturated heterocycles. The molecule has 84 heavy (non-hydrogen) atoms. The van der Waals surface area contributed by atoms with E-state index < -0.39 is 172 Å². The van der Waals surface area contributed by atoms with Crippen molar-refractivity contribution in [3.8, 4) is 0 Å². The van der Waals surface area contributed by atoms with Crippen LogP contribution in [-0.4, -0.2) is 315 Å². The van der Waals surface area contributed by atoms with E-state index in [0.29, 0.717) is 38.5 Å². The Balaban J connectivity index is 1.20. The van der Waals surface area contributed by atoms with Gasteiger partial charge in [-0.2, -0.15) is 0 Å². The van der Waals surface area contributed by atoms with Crippen molar-refractivity contribution >= 4 is 35.4 Å². The molecule has 20 atom stereocenters. The van der Waals surface area contributed by atoms with E-state index in [1.54, 1.807) is 0 Å². The summed E-state index contributed by atoms with van der Waals surface area (Å²) in [5.74, 6) is -2.70. The van der Waals surface area contributed by atoms with Crippen LogP contribution < -0.4 is 32.3 Å². The number of rotatable bonds is 37. The molecule has 34 nitrogen and oxygen atoms in total. The summed E-state index contributed by atoms with van der Waals surface area (Å²) in [7, 11) is 0. The first-order valence-corrected chi connectivity index (χ1v) is 28.1. The predicted octanol–water partition coefficient (Wildman–Crippen LogP) is -10.4. The smallest absolute Gasteiger partial charge is 0.234 e. The lowest BCUT2D eigenvalue weighted by molar-refractivity contribution is -0.366. The topological polar surface area (TPSA) is 529 Å². The molecule has 0 spiro atoms. The molecule has 0 aromatic rings. The van der Waals surface area contributed by atoms with Crippen LogP contribution in [0.2, 0.25) is 0 Å². The summed E-state index contributed by atoms with van der Waals surface area (Å²) < 4.78 is 44.1. The summed E-state index contributed by atoms with van der Waals surface area (Å²) in [6, 6.07) is 0. The van der Waals surface area contributed by atoms with Gasteiger partial charge in [-0.25, -0.2) is 0 Å². The van der Waals surface area contributed by atoms with Gasteiger partial charge in [0.2, 0.25) is 35.4 Å². The molecule has 4 rings (SSSR count). The van der Waals surface area contributed by atoms with Crippen molar-refractivity contribution < 1.29 is 133 Å². The highest BCUT2D eigenvalue weighted by Crippen LogP contribution is 2.31. The third-order valence-electron chi connectivity index (χ3n) is 14.1. The van der Waals surface area contributed by atoms with Crippen LogP contribution in [-0.2, 0) is 66.7 Å². The molecule has 20 N–H and O–H groups in total. The van der Waals surface area contributed by atoms with E-state index in [0.717, 1.165) is 0 Å². The second-order valence-corrected chi connectivity index (χ2v) is 20.9. The number of ether oxygens (including phenoxy) is 8. The standard InChI is InChI=1S/C50H89N7O27/c1-25-35(66)39(70)42(73)47(80-25)77-17-15-55-30(61)10-5-3-7-13-53-33(64)20-57(19-32(63)52-12-6-2-4-9-29(51)60)21-34(65)54-14-8-11-31(62)56-16-18-78-49-45(76)46(84-50-44(75)41(72)37(68)27(23-59)82-50)38(69)28(83-49)24-79-48-43(74)40(71)36(67)26(22-58)81-48/h25-28,35-50,58-59,66-76H,2-24H2,1H3,(H2,51,60)(H,52,63)(H,53,64)(H,54,65)(H,55,61)(H,56,62)/t25-,26+,27+,28+,35+,36+,37+,38+,39+,40-,41-,42-,43-,44-,45-,46-,47+,48-,49-,50+/m0/s1. The Morgan fingerprint density at radius 1 is 0.417 bits per heavy atom. The van der Waals surface area contributed by atoms with Crippen molar-refractivity contribution in [3.05, 3.63) is 0 Å². The Labute approximate surface area is 484 Å². The molecule has 0 aromatic heterocycles. The van der Waals surface area contributed by atoms with Crippen LogP contribution in [0.25, 0.3) is 0 Å². The van der Waals surface area contributed by atoms with Crippen LogP contribution in [0.3, 0.4) is 0 Å². The molecule has 34 heteroatoms. The maximum atomic E-state index is 13.1. The molecule has 4 fully saturated rings. The molecule has 4 aliphatic heterocycles. The highest BCUT2D eigenvalue weighted by Gasteiger charge is 2.52. The molecule has 0 aromatic carbocycles. The van der Waals surface area contributed by atoms with Gasteiger partial charge < -0.3 is 137 Å². The van der Waals surface area contributed by atoms with Crippen LogP contribution in [0.1, 0.15) is 71.1 Å². The number of carbonyl (C=O) groups is 6. The quantitative estimate of drug-likeness (QED) is 0.0257. The van der Waals surface area contributed by atoms with Crippen molar-refractivity contribution in [1.29, 1.82) is 0 Å². The van der Waals surface area contributed by atoms with Gasteiger partial charge in [-0.05, 0) is 39.0 Å². The molecule has 4 heterocycles. The number of aliphatic hydroxyl groups excluding tert-OH is 13. The van der Waals surface area contributed by atoms with E-state index in [4.69, 9.17) is 43.6 Å². The number of carbonyl (C=O) groups excluding carboxylic acids is 6. The number of amides is 6. The molecule has 0 bridgehead atoms. The lowest BCUT2D eigenvalue weighted by atomic mass is 9.96. The summed E-state index contributed by atoms with van der Waals surface area (Å²) in [6.45, 7) is -1.74. The van der Waals surface area contributed by atoms with Crippen molar-refractivity contribution in [1.82, 2.24) is 31.5 Å². The number of aliphatic hydroxyl groups is 13. The fraction of sp³-hybridized carbons (Fsp3) is 0.880. The van der Waals surface area contributed by atoms with Gasteiger partial charge in [0.25, 0.3) is 0 Å². The number of nitrogens with one attached hydrogen (secondary N) is 5. The summed E-state index contributed by atoms with van der Waals surface area (Å²) in [5, 5.41) is 147. The maximum Gasteiger partial charge on any atom is 0.234 e. The zero-order valence-electron chi connectivity index (χ0n) is 46.9. The highest BCUT2D eigenvalue weighted by molar-refractivity contribution is 5.84. The van der Waals surface area contributed by atoms with Crippen LogP contribution >= 0.6 is 0 Å². The minimum atomic E-state index is -1.96. The first kappa shape index (κ1) is 72.4. The molecular formula is C50H89N7O27. The van der Waals surface area contributed by atoms with E-state index in [9.17, 15) is 95.2 Å². The van der Waals surface area contributed by atoms with Crippen molar-refractivity contribution in [2.45, 2.75) is 194 Å². The van der Waals surface area contributed by atoms with Crippen LogP contribution in [0.5, 0.6) is 0 Å². The average Bonchev–Trinajstić information content (AvgIpc) is 3.39. The Morgan fingerprint density at radius 3 is 1.32 bits per heavy atom. The normalized spacial score (nSPS) is 33.5. The molecular weight excluding hydrogens is 1130 g/mol. The van der Waals surface area contributed by atoms with Gasteiger partial charge in [0.05, 0.1) is 58.8 Å².